The monoisotopic (exact) mass is 201 g/mol. The summed E-state index contributed by atoms with van der Waals surface area (Å²) in [5, 5.41) is 1.16. The molecule has 0 unspecified atom stereocenters. The summed E-state index contributed by atoms with van der Waals surface area (Å²) in [5.74, 6) is 0. The van der Waals surface area contributed by atoms with E-state index in [1.807, 2.05) is 39.2 Å². The first kappa shape index (κ1) is 9.97. The maximum absolute atomic E-state index is 11.1. The lowest BCUT2D eigenvalue weighted by atomic mass is 9.86. The van der Waals surface area contributed by atoms with E-state index in [-0.39, 0.29) is 0 Å². The van der Waals surface area contributed by atoms with Crippen LogP contribution in [0.2, 0.25) is 0 Å². The number of aromatic nitrogens is 1. The third kappa shape index (κ3) is 1.46. The number of hydrogen-bond acceptors (Lipinski definition) is 1. The van der Waals surface area contributed by atoms with Crippen LogP contribution in [0, 0.1) is 0 Å². The Kier molecular flexibility index (Phi) is 2.14. The second-order valence-electron chi connectivity index (χ2n) is 4.51. The molecule has 2 heteroatoms. The molecule has 0 N–H and O–H groups in total. The zero-order valence-electron chi connectivity index (χ0n) is 9.32. The number of carbonyl (C=O) groups excluding carboxylic acids is 1. The van der Waals surface area contributed by atoms with Crippen LogP contribution in [0.3, 0.4) is 0 Å². The van der Waals surface area contributed by atoms with Gasteiger partial charge in [-0.3, -0.25) is 0 Å². The molecule has 0 aliphatic rings. The highest BCUT2D eigenvalue weighted by molar-refractivity contribution is 5.88. The van der Waals surface area contributed by atoms with Crippen LogP contribution in [0.1, 0.15) is 19.4 Å². The minimum Gasteiger partial charge on any atom is -0.350 e. The Morgan fingerprint density at radius 1 is 1.27 bits per heavy atom. The first-order chi connectivity index (χ1) is 7.06. The van der Waals surface area contributed by atoms with Crippen molar-refractivity contribution in [3.63, 3.8) is 0 Å². The van der Waals surface area contributed by atoms with Crippen LogP contribution >= 0.6 is 0 Å². The van der Waals surface area contributed by atoms with Crippen molar-refractivity contribution in [1.29, 1.82) is 0 Å². The maximum Gasteiger partial charge on any atom is 0.130 e. The third-order valence-corrected chi connectivity index (χ3v) is 2.89. The normalized spacial score (nSPS) is 11.9. The average molecular weight is 201 g/mol. The highest BCUT2D eigenvalue weighted by Gasteiger charge is 2.23. The van der Waals surface area contributed by atoms with Crippen molar-refractivity contribution in [3.8, 4) is 0 Å². The van der Waals surface area contributed by atoms with Crippen LogP contribution in [0.5, 0.6) is 0 Å². The van der Waals surface area contributed by atoms with E-state index in [9.17, 15) is 4.79 Å². The molecule has 2 nitrogen and oxygen atoms in total. The summed E-state index contributed by atoms with van der Waals surface area (Å²) >= 11 is 0. The summed E-state index contributed by atoms with van der Waals surface area (Å²) < 4.78 is 2.07. The van der Waals surface area contributed by atoms with Gasteiger partial charge in [-0.1, -0.05) is 18.2 Å². The summed E-state index contributed by atoms with van der Waals surface area (Å²) in [7, 11) is 2.01. The minimum absolute atomic E-state index is 0.416. The smallest absolute Gasteiger partial charge is 0.130 e. The molecule has 1 aromatic heterocycles. The number of aryl methyl sites for hydroxylation is 1. The van der Waals surface area contributed by atoms with Crippen LogP contribution in [0.25, 0.3) is 10.9 Å². The second-order valence-corrected chi connectivity index (χ2v) is 4.51. The zero-order valence-corrected chi connectivity index (χ0v) is 9.32. The summed E-state index contributed by atoms with van der Waals surface area (Å²) in [6.07, 6.45) is 3.05. The Morgan fingerprint density at radius 2 is 1.93 bits per heavy atom. The molecule has 1 heterocycles. The number of nitrogens with zero attached hydrogens (tertiary/aromatic N) is 1. The molecule has 0 radical (unpaired) electrons. The van der Waals surface area contributed by atoms with Crippen molar-refractivity contribution in [2.45, 2.75) is 19.3 Å². The van der Waals surface area contributed by atoms with E-state index in [4.69, 9.17) is 0 Å². The van der Waals surface area contributed by atoms with Crippen molar-refractivity contribution >= 4 is 17.2 Å². The molecule has 0 aliphatic heterocycles. The van der Waals surface area contributed by atoms with Crippen molar-refractivity contribution in [1.82, 2.24) is 4.57 Å². The molecule has 0 spiro atoms. The topological polar surface area (TPSA) is 22.0 Å². The largest absolute Gasteiger partial charge is 0.350 e. The van der Waals surface area contributed by atoms with Gasteiger partial charge in [0, 0.05) is 29.6 Å². The van der Waals surface area contributed by atoms with E-state index in [0.29, 0.717) is 0 Å². The van der Waals surface area contributed by atoms with Gasteiger partial charge in [0.1, 0.15) is 6.29 Å². The van der Waals surface area contributed by atoms with Gasteiger partial charge in [0.2, 0.25) is 0 Å². The molecule has 78 valence electrons. The zero-order chi connectivity index (χ0) is 11.1. The van der Waals surface area contributed by atoms with E-state index in [1.165, 1.54) is 5.52 Å². The molecule has 0 amide bonds. The molecule has 2 rings (SSSR count). The van der Waals surface area contributed by atoms with Gasteiger partial charge in [-0.15, -0.1) is 0 Å². The summed E-state index contributed by atoms with van der Waals surface area (Å²) in [6.45, 7) is 3.89. The van der Waals surface area contributed by atoms with E-state index in [1.54, 1.807) is 0 Å². The fraction of sp³-hybridized carbons (Fsp3) is 0.308. The van der Waals surface area contributed by atoms with Gasteiger partial charge >= 0.3 is 0 Å². The summed E-state index contributed by atoms with van der Waals surface area (Å²) in [4.78, 5) is 11.1. The number of aldehydes is 1. The van der Waals surface area contributed by atoms with E-state index < -0.39 is 5.41 Å². The Balaban J connectivity index is 2.78. The van der Waals surface area contributed by atoms with Crippen molar-refractivity contribution in [2.24, 2.45) is 7.05 Å². The molecule has 0 saturated heterocycles. The Labute approximate surface area is 89.5 Å². The Morgan fingerprint density at radius 3 is 2.60 bits per heavy atom. The van der Waals surface area contributed by atoms with Crippen molar-refractivity contribution in [3.05, 3.63) is 36.0 Å². The molecule has 0 atom stereocenters. The first-order valence-corrected chi connectivity index (χ1v) is 5.07. The van der Waals surface area contributed by atoms with Crippen LogP contribution in [0.4, 0.5) is 0 Å². The molecular weight excluding hydrogens is 186 g/mol. The molecular formula is C13H15NO. The van der Waals surface area contributed by atoms with Crippen LogP contribution in [-0.2, 0) is 17.3 Å². The molecule has 15 heavy (non-hydrogen) atoms. The Bertz CT molecular complexity index is 508. The lowest BCUT2D eigenvalue weighted by Gasteiger charge is -2.15. The van der Waals surface area contributed by atoms with E-state index >= 15 is 0 Å². The predicted molar refractivity (Wildman–Crippen MR) is 62.0 cm³/mol. The molecule has 1 aromatic carbocycles. The quantitative estimate of drug-likeness (QED) is 0.685. The van der Waals surface area contributed by atoms with Crippen molar-refractivity contribution < 1.29 is 4.79 Å². The number of para-hydroxylation sites is 1. The van der Waals surface area contributed by atoms with Crippen molar-refractivity contribution in [2.75, 3.05) is 0 Å². The van der Waals surface area contributed by atoms with Gasteiger partial charge in [-0.05, 0) is 25.5 Å². The SMILES string of the molecule is Cn1cc(C(C)(C)C=O)c2ccccc21. The van der Waals surface area contributed by atoms with E-state index in [2.05, 4.69) is 16.7 Å². The Hall–Kier alpha value is -1.57. The molecule has 0 fully saturated rings. The average Bonchev–Trinajstić information content (AvgIpc) is 2.58. The number of carbonyl (C=O) groups is 1. The van der Waals surface area contributed by atoms with E-state index in [0.717, 1.165) is 17.2 Å². The van der Waals surface area contributed by atoms with Crippen LogP contribution in [-0.4, -0.2) is 10.9 Å². The van der Waals surface area contributed by atoms with Gasteiger partial charge in [-0.2, -0.15) is 0 Å². The predicted octanol–water partition coefficient (Wildman–Crippen LogP) is 2.65. The number of benzene rings is 1. The third-order valence-electron chi connectivity index (χ3n) is 2.89. The second kappa shape index (κ2) is 3.23. The lowest BCUT2D eigenvalue weighted by Crippen LogP contribution is -2.18. The lowest BCUT2D eigenvalue weighted by molar-refractivity contribution is -0.111. The van der Waals surface area contributed by atoms with Crippen LogP contribution in [0.15, 0.2) is 30.5 Å². The summed E-state index contributed by atoms with van der Waals surface area (Å²) in [5.41, 5.74) is 1.85. The minimum atomic E-state index is -0.416. The number of hydrogen-bond donors (Lipinski definition) is 0. The standard InChI is InChI=1S/C13H15NO/c1-13(2,9-15)11-8-14(3)12-7-5-4-6-10(11)12/h4-9H,1-3H3. The fourth-order valence-electron chi connectivity index (χ4n) is 1.92. The molecule has 2 aromatic rings. The highest BCUT2D eigenvalue weighted by atomic mass is 16.1. The number of rotatable bonds is 2. The highest BCUT2D eigenvalue weighted by Crippen LogP contribution is 2.29. The maximum atomic E-state index is 11.1. The van der Waals surface area contributed by atoms with Gasteiger partial charge in [0.15, 0.2) is 0 Å². The van der Waals surface area contributed by atoms with Gasteiger partial charge < -0.3 is 9.36 Å². The first-order valence-electron chi connectivity index (χ1n) is 5.07. The van der Waals surface area contributed by atoms with Gasteiger partial charge in [-0.25, -0.2) is 0 Å². The number of fused-ring (bicyclic) bond motifs is 1. The van der Waals surface area contributed by atoms with Crippen LogP contribution < -0.4 is 0 Å². The van der Waals surface area contributed by atoms with Gasteiger partial charge in [0.25, 0.3) is 0 Å². The molecule has 0 aliphatic carbocycles. The van der Waals surface area contributed by atoms with Gasteiger partial charge in [0.05, 0.1) is 0 Å². The molecule has 0 bridgehead atoms. The molecule has 0 saturated carbocycles. The fourth-order valence-corrected chi connectivity index (χ4v) is 1.92. The summed E-state index contributed by atoms with van der Waals surface area (Å²) in [6, 6.07) is 8.16.